The molecule has 1 aromatic heterocycles. The first-order valence-corrected chi connectivity index (χ1v) is 9.54. The number of anilines is 2. The van der Waals surface area contributed by atoms with Crippen LogP contribution in [-0.2, 0) is 11.3 Å². The van der Waals surface area contributed by atoms with Crippen LogP contribution in [0.5, 0.6) is 11.5 Å². The summed E-state index contributed by atoms with van der Waals surface area (Å²) in [6.45, 7) is 2.52. The predicted molar refractivity (Wildman–Crippen MR) is 110 cm³/mol. The van der Waals surface area contributed by atoms with Crippen molar-refractivity contribution in [2.45, 2.75) is 13.5 Å². The van der Waals surface area contributed by atoms with Gasteiger partial charge in [0.2, 0.25) is 5.91 Å². The van der Waals surface area contributed by atoms with Crippen LogP contribution in [0.2, 0.25) is 5.02 Å². The molecule has 0 saturated carbocycles. The molecule has 0 spiro atoms. The summed E-state index contributed by atoms with van der Waals surface area (Å²) >= 11 is 6.07. The zero-order valence-electron chi connectivity index (χ0n) is 16.0. The van der Waals surface area contributed by atoms with Gasteiger partial charge in [-0.1, -0.05) is 28.9 Å². The van der Waals surface area contributed by atoms with Crippen LogP contribution < -0.4 is 20.1 Å². The van der Waals surface area contributed by atoms with Crippen LogP contribution in [0.1, 0.15) is 16.2 Å². The van der Waals surface area contributed by atoms with Gasteiger partial charge in [0, 0.05) is 11.8 Å². The minimum absolute atomic E-state index is 0.105. The Morgan fingerprint density at radius 3 is 2.67 bits per heavy atom. The molecule has 1 aliphatic rings. The van der Waals surface area contributed by atoms with Crippen molar-refractivity contribution in [1.82, 2.24) is 15.0 Å². The van der Waals surface area contributed by atoms with E-state index in [2.05, 4.69) is 20.9 Å². The highest BCUT2D eigenvalue weighted by Crippen LogP contribution is 2.32. The van der Waals surface area contributed by atoms with Gasteiger partial charge < -0.3 is 20.1 Å². The number of carbonyl (C=O) groups is 2. The molecular formula is C20H18ClN5O4. The zero-order chi connectivity index (χ0) is 21.1. The Balaban J connectivity index is 1.42. The second kappa shape index (κ2) is 8.42. The topological polar surface area (TPSA) is 107 Å². The van der Waals surface area contributed by atoms with Gasteiger partial charge in [0.25, 0.3) is 5.91 Å². The highest BCUT2D eigenvalue weighted by Gasteiger charge is 2.19. The fourth-order valence-electron chi connectivity index (χ4n) is 2.92. The summed E-state index contributed by atoms with van der Waals surface area (Å²) in [5.74, 6) is 0.437. The van der Waals surface area contributed by atoms with Crippen LogP contribution in [-0.4, -0.2) is 40.0 Å². The fraction of sp³-hybridized carbons (Fsp3) is 0.200. The monoisotopic (exact) mass is 427 g/mol. The Morgan fingerprint density at radius 2 is 1.87 bits per heavy atom. The van der Waals surface area contributed by atoms with Crippen molar-refractivity contribution in [2.24, 2.45) is 0 Å². The number of amides is 2. The zero-order valence-corrected chi connectivity index (χ0v) is 16.8. The molecule has 0 atom stereocenters. The van der Waals surface area contributed by atoms with E-state index in [1.807, 2.05) is 0 Å². The number of hydrogen-bond acceptors (Lipinski definition) is 6. The Morgan fingerprint density at radius 1 is 1.10 bits per heavy atom. The lowest BCUT2D eigenvalue weighted by molar-refractivity contribution is -0.117. The molecule has 0 aliphatic carbocycles. The van der Waals surface area contributed by atoms with E-state index in [1.54, 1.807) is 49.4 Å². The fourth-order valence-corrected chi connectivity index (χ4v) is 3.11. The quantitative estimate of drug-likeness (QED) is 0.648. The second-order valence-electron chi connectivity index (χ2n) is 6.52. The lowest BCUT2D eigenvalue weighted by Gasteiger charge is -2.19. The molecule has 0 bridgehead atoms. The van der Waals surface area contributed by atoms with E-state index in [9.17, 15) is 9.59 Å². The van der Waals surface area contributed by atoms with E-state index < -0.39 is 5.91 Å². The van der Waals surface area contributed by atoms with E-state index in [1.165, 1.54) is 4.68 Å². The molecular weight excluding hydrogens is 410 g/mol. The number of benzene rings is 2. The highest BCUT2D eigenvalue weighted by molar-refractivity contribution is 6.33. The maximum Gasteiger partial charge on any atom is 0.278 e. The average molecular weight is 428 g/mol. The van der Waals surface area contributed by atoms with Crippen molar-refractivity contribution in [2.75, 3.05) is 23.8 Å². The van der Waals surface area contributed by atoms with Gasteiger partial charge in [0.05, 0.1) is 16.4 Å². The first-order chi connectivity index (χ1) is 14.5. The predicted octanol–water partition coefficient (Wildman–Crippen LogP) is 2.90. The molecule has 0 saturated heterocycles. The summed E-state index contributed by atoms with van der Waals surface area (Å²) in [5, 5.41) is 13.7. The van der Waals surface area contributed by atoms with Crippen LogP contribution in [0, 0.1) is 6.92 Å². The third-order valence-electron chi connectivity index (χ3n) is 4.44. The third-order valence-corrected chi connectivity index (χ3v) is 4.77. The van der Waals surface area contributed by atoms with Crippen molar-refractivity contribution in [3.63, 3.8) is 0 Å². The highest BCUT2D eigenvalue weighted by atomic mass is 35.5. The number of halogens is 1. The van der Waals surface area contributed by atoms with Crippen molar-refractivity contribution >= 4 is 34.8 Å². The van der Waals surface area contributed by atoms with Crippen molar-refractivity contribution < 1.29 is 19.1 Å². The van der Waals surface area contributed by atoms with Crippen LogP contribution in [0.4, 0.5) is 11.4 Å². The number of para-hydroxylation sites is 1. The molecule has 3 aromatic rings. The Bertz CT molecular complexity index is 1110. The number of hydrogen-bond donors (Lipinski definition) is 2. The Labute approximate surface area is 176 Å². The SMILES string of the molecule is Cc1c(C(=O)Nc2ccccc2Cl)nnn1CC(=O)Nc1ccc2c(c1)OCCO2. The van der Waals surface area contributed by atoms with Gasteiger partial charge in [-0.3, -0.25) is 9.59 Å². The van der Waals surface area contributed by atoms with Gasteiger partial charge in [0.1, 0.15) is 19.8 Å². The summed E-state index contributed by atoms with van der Waals surface area (Å²) in [4.78, 5) is 24.9. The number of rotatable bonds is 5. The van der Waals surface area contributed by atoms with Gasteiger partial charge in [-0.2, -0.15) is 0 Å². The summed E-state index contributed by atoms with van der Waals surface area (Å²) < 4.78 is 12.3. The van der Waals surface area contributed by atoms with Crippen LogP contribution in [0.3, 0.4) is 0 Å². The smallest absolute Gasteiger partial charge is 0.278 e. The molecule has 2 amide bonds. The number of carbonyl (C=O) groups excluding carboxylic acids is 2. The number of nitrogens with one attached hydrogen (secondary N) is 2. The second-order valence-corrected chi connectivity index (χ2v) is 6.93. The molecule has 0 unspecified atom stereocenters. The van der Waals surface area contributed by atoms with Gasteiger partial charge in [-0.05, 0) is 31.2 Å². The summed E-state index contributed by atoms with van der Waals surface area (Å²) in [6.07, 6.45) is 0. The standard InChI is InChI=1S/C20H18ClN5O4/c1-12-19(20(28)23-15-5-3-2-4-14(15)21)24-25-26(12)11-18(27)22-13-6-7-16-17(10-13)30-9-8-29-16/h2-7,10H,8-9,11H2,1H3,(H,22,27)(H,23,28). The lowest BCUT2D eigenvalue weighted by Crippen LogP contribution is -2.21. The van der Waals surface area contributed by atoms with Gasteiger partial charge in [-0.15, -0.1) is 5.10 Å². The molecule has 0 radical (unpaired) electrons. The number of aromatic nitrogens is 3. The van der Waals surface area contributed by atoms with E-state index in [-0.39, 0.29) is 18.1 Å². The largest absolute Gasteiger partial charge is 0.486 e. The van der Waals surface area contributed by atoms with Crippen molar-refractivity contribution in [3.05, 3.63) is 58.9 Å². The number of fused-ring (bicyclic) bond motifs is 1. The van der Waals surface area contributed by atoms with Gasteiger partial charge in [0.15, 0.2) is 17.2 Å². The van der Waals surface area contributed by atoms with E-state index in [4.69, 9.17) is 21.1 Å². The van der Waals surface area contributed by atoms with E-state index >= 15 is 0 Å². The first-order valence-electron chi connectivity index (χ1n) is 9.17. The van der Waals surface area contributed by atoms with Crippen LogP contribution in [0.15, 0.2) is 42.5 Å². The molecule has 1 aliphatic heterocycles. The summed E-state index contributed by atoms with van der Waals surface area (Å²) in [7, 11) is 0. The molecule has 154 valence electrons. The molecule has 0 fully saturated rings. The molecule has 30 heavy (non-hydrogen) atoms. The van der Waals surface area contributed by atoms with Crippen molar-refractivity contribution in [1.29, 1.82) is 0 Å². The number of nitrogens with zero attached hydrogens (tertiary/aromatic N) is 3. The number of ether oxygens (including phenoxy) is 2. The molecule has 2 N–H and O–H groups in total. The van der Waals surface area contributed by atoms with Crippen molar-refractivity contribution in [3.8, 4) is 11.5 Å². The van der Waals surface area contributed by atoms with E-state index in [0.717, 1.165) is 0 Å². The van der Waals surface area contributed by atoms with E-state index in [0.29, 0.717) is 46.8 Å². The normalized spacial score (nSPS) is 12.3. The Kier molecular flexibility index (Phi) is 5.53. The summed E-state index contributed by atoms with van der Waals surface area (Å²) in [6, 6.07) is 12.0. The van der Waals surface area contributed by atoms with Gasteiger partial charge >= 0.3 is 0 Å². The molecule has 10 heteroatoms. The lowest BCUT2D eigenvalue weighted by atomic mass is 10.2. The maximum atomic E-state index is 12.5. The third kappa shape index (κ3) is 4.20. The first kappa shape index (κ1) is 19.7. The minimum Gasteiger partial charge on any atom is -0.486 e. The maximum absolute atomic E-state index is 12.5. The molecule has 9 nitrogen and oxygen atoms in total. The minimum atomic E-state index is -0.459. The molecule has 2 heterocycles. The van der Waals surface area contributed by atoms with Crippen LogP contribution >= 0.6 is 11.6 Å². The Hall–Kier alpha value is -3.59. The summed E-state index contributed by atoms with van der Waals surface area (Å²) in [5.41, 5.74) is 1.60. The van der Waals surface area contributed by atoms with Gasteiger partial charge in [-0.25, -0.2) is 4.68 Å². The van der Waals surface area contributed by atoms with Crippen LogP contribution in [0.25, 0.3) is 0 Å². The molecule has 4 rings (SSSR count). The molecule has 2 aromatic carbocycles. The average Bonchev–Trinajstić information content (AvgIpc) is 3.09.